The van der Waals surface area contributed by atoms with Crippen LogP contribution in [-0.2, 0) is 16.1 Å². The first-order valence-corrected chi connectivity index (χ1v) is 10.6. The molecule has 5 heterocycles. The van der Waals surface area contributed by atoms with Crippen LogP contribution in [-0.4, -0.2) is 75.8 Å². The minimum absolute atomic E-state index is 0.0810. The molecule has 9 heteroatoms. The number of pyridine rings is 2. The number of nitrogens with one attached hydrogen (secondary N) is 2. The van der Waals surface area contributed by atoms with Crippen molar-refractivity contribution in [3.63, 3.8) is 0 Å². The number of imidazole rings is 1. The molecule has 1 saturated heterocycles. The molecule has 0 aromatic carbocycles. The van der Waals surface area contributed by atoms with E-state index in [0.29, 0.717) is 26.1 Å². The van der Waals surface area contributed by atoms with Gasteiger partial charge in [0, 0.05) is 39.5 Å². The Kier molecular flexibility index (Phi) is 5.07. The highest BCUT2D eigenvalue weighted by atomic mass is 16.5. The van der Waals surface area contributed by atoms with Gasteiger partial charge in [-0.3, -0.25) is 9.78 Å². The summed E-state index contributed by atoms with van der Waals surface area (Å²) in [6, 6.07) is 7.73. The molecule has 4 bridgehead atoms. The molecule has 0 aliphatic carbocycles. The van der Waals surface area contributed by atoms with Crippen molar-refractivity contribution in [2.75, 3.05) is 32.6 Å². The van der Waals surface area contributed by atoms with Crippen LogP contribution in [0.2, 0.25) is 0 Å². The molecule has 3 atom stereocenters. The van der Waals surface area contributed by atoms with Gasteiger partial charge in [-0.25, -0.2) is 9.97 Å². The van der Waals surface area contributed by atoms with Crippen molar-refractivity contribution in [2.45, 2.75) is 38.1 Å². The molecule has 0 saturated carbocycles. The standard InChI is InChI=1S/C22H27N7O2/c1-13-25-17-7-8-23-20-16-5-4-6-19(27-16)26-14-9-18(24-10-14)22(30)28(2)11-15(31-3)12-29(13)21(17)20/h4-8,14-15,18,24H,9-12H2,1-3H3,(H,26,27)/t14-,15?,18-/m0/s1. The number of carbonyl (C=O) groups excluding carboxylic acids is 1. The number of carbonyl (C=O) groups is 1. The summed E-state index contributed by atoms with van der Waals surface area (Å²) in [5.74, 6) is 1.73. The zero-order valence-electron chi connectivity index (χ0n) is 18.0. The Labute approximate surface area is 180 Å². The number of aryl methyl sites for hydroxylation is 1. The first kappa shape index (κ1) is 19.9. The van der Waals surface area contributed by atoms with E-state index in [2.05, 4.69) is 20.2 Å². The van der Waals surface area contributed by atoms with Crippen molar-refractivity contribution in [3.8, 4) is 11.4 Å². The first-order valence-electron chi connectivity index (χ1n) is 10.6. The summed E-state index contributed by atoms with van der Waals surface area (Å²) in [6.45, 7) is 3.75. The van der Waals surface area contributed by atoms with Crippen LogP contribution in [0, 0.1) is 6.92 Å². The molecule has 0 radical (unpaired) electrons. The van der Waals surface area contributed by atoms with Crippen molar-refractivity contribution in [1.29, 1.82) is 0 Å². The number of hydrogen-bond donors (Lipinski definition) is 2. The lowest BCUT2D eigenvalue weighted by molar-refractivity contribution is -0.133. The predicted octanol–water partition coefficient (Wildman–Crippen LogP) is 1.43. The molecular formula is C22H27N7O2. The van der Waals surface area contributed by atoms with Gasteiger partial charge in [-0.1, -0.05) is 6.07 Å². The van der Waals surface area contributed by atoms with Gasteiger partial charge in [0.25, 0.3) is 0 Å². The fraction of sp³-hybridized carbons (Fsp3) is 0.455. The summed E-state index contributed by atoms with van der Waals surface area (Å²) in [4.78, 5) is 29.0. The number of amides is 1. The van der Waals surface area contributed by atoms with Gasteiger partial charge in [-0.2, -0.15) is 0 Å². The Morgan fingerprint density at radius 1 is 1.19 bits per heavy atom. The summed E-state index contributed by atoms with van der Waals surface area (Å²) >= 11 is 0. The topological polar surface area (TPSA) is 97.2 Å². The largest absolute Gasteiger partial charge is 0.378 e. The Morgan fingerprint density at radius 3 is 2.90 bits per heavy atom. The van der Waals surface area contributed by atoms with Crippen LogP contribution in [0.5, 0.6) is 0 Å². The normalized spacial score (nSPS) is 24.0. The number of anilines is 1. The van der Waals surface area contributed by atoms with Crippen LogP contribution >= 0.6 is 0 Å². The van der Waals surface area contributed by atoms with Crippen molar-refractivity contribution < 1.29 is 9.53 Å². The Bertz CT molecular complexity index is 1130. The number of likely N-dealkylation sites (N-methyl/N-ethyl adjacent to an activating group) is 1. The SMILES string of the molecule is COC1CN(C)C(=O)[C@@H]2C[C@@H](CN2)Nc2cccc(n2)-c2nccc3nc(C)n(c23)C1. The van der Waals surface area contributed by atoms with Crippen LogP contribution in [0.1, 0.15) is 12.2 Å². The molecule has 1 fully saturated rings. The zero-order valence-corrected chi connectivity index (χ0v) is 18.0. The highest BCUT2D eigenvalue weighted by Gasteiger charge is 2.32. The quantitative estimate of drug-likeness (QED) is 0.613. The van der Waals surface area contributed by atoms with Gasteiger partial charge in [0.1, 0.15) is 17.3 Å². The maximum atomic E-state index is 13.0. The number of ether oxygens (including phenoxy) is 1. The van der Waals surface area contributed by atoms with Gasteiger partial charge in [-0.15, -0.1) is 0 Å². The molecule has 3 aromatic rings. The Hall–Kier alpha value is -3.04. The van der Waals surface area contributed by atoms with E-state index in [1.54, 1.807) is 18.2 Å². The molecule has 2 N–H and O–H groups in total. The second kappa shape index (κ2) is 7.90. The van der Waals surface area contributed by atoms with Gasteiger partial charge in [0.15, 0.2) is 0 Å². The molecule has 31 heavy (non-hydrogen) atoms. The van der Waals surface area contributed by atoms with Crippen molar-refractivity contribution in [3.05, 3.63) is 36.3 Å². The minimum Gasteiger partial charge on any atom is -0.378 e. The van der Waals surface area contributed by atoms with Crippen molar-refractivity contribution in [2.24, 2.45) is 0 Å². The van der Waals surface area contributed by atoms with Gasteiger partial charge >= 0.3 is 0 Å². The maximum absolute atomic E-state index is 13.0. The number of fused-ring (bicyclic) bond motifs is 5. The molecule has 2 aliphatic heterocycles. The predicted molar refractivity (Wildman–Crippen MR) is 118 cm³/mol. The van der Waals surface area contributed by atoms with Crippen LogP contribution in [0.15, 0.2) is 30.5 Å². The van der Waals surface area contributed by atoms with Gasteiger partial charge in [0.2, 0.25) is 5.91 Å². The highest BCUT2D eigenvalue weighted by molar-refractivity contribution is 5.89. The van der Waals surface area contributed by atoms with E-state index < -0.39 is 0 Å². The number of methoxy groups -OCH3 is 1. The number of rotatable bonds is 1. The lowest BCUT2D eigenvalue weighted by Gasteiger charge is -2.26. The molecule has 2 aliphatic rings. The molecule has 9 nitrogen and oxygen atoms in total. The molecule has 1 unspecified atom stereocenters. The average molecular weight is 422 g/mol. The van der Waals surface area contributed by atoms with E-state index in [1.807, 2.05) is 38.2 Å². The zero-order chi connectivity index (χ0) is 21.5. The number of nitrogens with zero attached hydrogens (tertiary/aromatic N) is 5. The smallest absolute Gasteiger partial charge is 0.239 e. The minimum atomic E-state index is -0.214. The van der Waals surface area contributed by atoms with E-state index in [1.165, 1.54) is 0 Å². The van der Waals surface area contributed by atoms with Crippen LogP contribution in [0.4, 0.5) is 5.82 Å². The van der Waals surface area contributed by atoms with Gasteiger partial charge < -0.3 is 24.8 Å². The van der Waals surface area contributed by atoms with E-state index in [9.17, 15) is 4.79 Å². The van der Waals surface area contributed by atoms with E-state index in [4.69, 9.17) is 14.7 Å². The summed E-state index contributed by atoms with van der Waals surface area (Å²) in [5.41, 5.74) is 3.38. The second-order valence-corrected chi connectivity index (χ2v) is 8.32. The first-order chi connectivity index (χ1) is 15.0. The monoisotopic (exact) mass is 421 g/mol. The van der Waals surface area contributed by atoms with Crippen LogP contribution in [0.25, 0.3) is 22.4 Å². The third kappa shape index (κ3) is 3.64. The summed E-state index contributed by atoms with van der Waals surface area (Å²) in [7, 11) is 3.52. The van der Waals surface area contributed by atoms with E-state index >= 15 is 0 Å². The van der Waals surface area contributed by atoms with E-state index in [0.717, 1.165) is 34.1 Å². The van der Waals surface area contributed by atoms with Crippen molar-refractivity contribution in [1.82, 2.24) is 29.7 Å². The lowest BCUT2D eigenvalue weighted by Crippen LogP contribution is -2.45. The van der Waals surface area contributed by atoms with E-state index in [-0.39, 0.29) is 24.1 Å². The van der Waals surface area contributed by atoms with Gasteiger partial charge in [-0.05, 0) is 31.5 Å². The van der Waals surface area contributed by atoms with Crippen LogP contribution < -0.4 is 10.6 Å². The third-order valence-electron chi connectivity index (χ3n) is 6.19. The fourth-order valence-electron chi connectivity index (χ4n) is 4.57. The fourth-order valence-corrected chi connectivity index (χ4v) is 4.57. The molecule has 3 aromatic heterocycles. The Balaban J connectivity index is 1.66. The molecule has 1 amide bonds. The summed E-state index contributed by atoms with van der Waals surface area (Å²) in [6.07, 6.45) is 2.30. The molecular weight excluding hydrogens is 394 g/mol. The number of hydrogen-bond acceptors (Lipinski definition) is 7. The third-order valence-corrected chi connectivity index (χ3v) is 6.19. The maximum Gasteiger partial charge on any atom is 0.239 e. The molecule has 5 rings (SSSR count). The highest BCUT2D eigenvalue weighted by Crippen LogP contribution is 2.28. The summed E-state index contributed by atoms with van der Waals surface area (Å²) in [5, 5.41) is 6.82. The molecule has 162 valence electrons. The van der Waals surface area contributed by atoms with Gasteiger partial charge in [0.05, 0.1) is 35.4 Å². The Morgan fingerprint density at radius 2 is 2.06 bits per heavy atom. The average Bonchev–Trinajstić information content (AvgIpc) is 3.36. The number of aromatic nitrogens is 4. The van der Waals surface area contributed by atoms with Crippen molar-refractivity contribution >= 4 is 22.8 Å². The molecule has 0 spiro atoms. The lowest BCUT2D eigenvalue weighted by atomic mass is 10.1. The second-order valence-electron chi connectivity index (χ2n) is 8.32. The summed E-state index contributed by atoms with van der Waals surface area (Å²) < 4.78 is 7.90. The van der Waals surface area contributed by atoms with Crippen LogP contribution in [0.3, 0.4) is 0 Å².